The largest absolute Gasteiger partial charge is 0.495 e. The number of benzene rings is 3. The van der Waals surface area contributed by atoms with Crippen molar-refractivity contribution in [3.8, 4) is 11.5 Å². The number of halogens is 2. The van der Waals surface area contributed by atoms with Gasteiger partial charge in [0.2, 0.25) is 0 Å². The van der Waals surface area contributed by atoms with E-state index in [1.807, 2.05) is 13.0 Å². The molecule has 0 aliphatic rings. The monoisotopic (exact) mass is 882 g/mol. The third-order valence-corrected chi connectivity index (χ3v) is 10.0. The smallest absolute Gasteiger partial charge is 0.307 e. The van der Waals surface area contributed by atoms with Crippen molar-refractivity contribution in [1.82, 2.24) is 0 Å². The van der Waals surface area contributed by atoms with Crippen LogP contribution in [0.2, 0.25) is 0 Å². The van der Waals surface area contributed by atoms with E-state index in [9.17, 15) is 14.9 Å². The Morgan fingerprint density at radius 2 is 1.20 bits per heavy atom. The minimum Gasteiger partial charge on any atom is -0.495 e. The number of nitro benzene ring substituents is 1. The van der Waals surface area contributed by atoms with Crippen LogP contribution < -0.4 is 14.4 Å². The van der Waals surface area contributed by atoms with Gasteiger partial charge in [-0.1, -0.05) is 84.6 Å². The van der Waals surface area contributed by atoms with Crippen LogP contribution in [0.3, 0.4) is 0 Å². The lowest BCUT2D eigenvalue weighted by molar-refractivity contribution is -0.384. The zero-order valence-corrected chi connectivity index (χ0v) is 37.8. The summed E-state index contributed by atoms with van der Waals surface area (Å²) < 4.78 is 23.1. The van der Waals surface area contributed by atoms with Crippen molar-refractivity contribution in [2.24, 2.45) is 20.5 Å². The molecule has 0 fully saturated rings. The Balaban J connectivity index is 1.94. The van der Waals surface area contributed by atoms with Crippen molar-refractivity contribution >= 4 is 63.3 Å². The third-order valence-electron chi connectivity index (χ3n) is 9.67. The van der Waals surface area contributed by atoms with Crippen LogP contribution >= 0.6 is 23.2 Å². The fraction of sp³-hybridized carbons (Fsp3) is 0.543. The van der Waals surface area contributed by atoms with Crippen molar-refractivity contribution in [3.63, 3.8) is 0 Å². The molecule has 0 saturated heterocycles. The Kier molecular flexibility index (Phi) is 25.1. The molecule has 0 N–H and O–H groups in total. The van der Waals surface area contributed by atoms with Gasteiger partial charge in [-0.05, 0) is 55.7 Å². The van der Waals surface area contributed by atoms with Crippen LogP contribution in [0.1, 0.15) is 109 Å². The summed E-state index contributed by atoms with van der Waals surface area (Å²) in [6.45, 7) is 12.8. The van der Waals surface area contributed by atoms with E-state index < -0.39 is 10.9 Å². The zero-order valence-electron chi connectivity index (χ0n) is 36.3. The van der Waals surface area contributed by atoms with Gasteiger partial charge in [-0.3, -0.25) is 14.9 Å². The molecule has 61 heavy (non-hydrogen) atoms. The molecule has 0 bridgehead atoms. The summed E-state index contributed by atoms with van der Waals surface area (Å²) in [6, 6.07) is 15.2. The average molecular weight is 884 g/mol. The number of hydrogen-bond acceptors (Lipinski definition) is 12. The third kappa shape index (κ3) is 20.1. The van der Waals surface area contributed by atoms with Gasteiger partial charge in [-0.2, -0.15) is 10.2 Å². The van der Waals surface area contributed by atoms with E-state index in [0.717, 1.165) is 18.7 Å². The van der Waals surface area contributed by atoms with Gasteiger partial charge in [0.1, 0.15) is 49.3 Å². The maximum Gasteiger partial charge on any atom is 0.307 e. The van der Waals surface area contributed by atoms with Gasteiger partial charge in [-0.25, -0.2) is 0 Å². The number of carbonyl (C=O) groups is 1. The van der Waals surface area contributed by atoms with Crippen LogP contribution in [0, 0.1) is 17.0 Å². The Bertz CT molecular complexity index is 1810. The molecule has 3 aromatic rings. The molecule has 3 rings (SSSR count). The van der Waals surface area contributed by atoms with Crippen molar-refractivity contribution in [2.75, 3.05) is 56.2 Å². The van der Waals surface area contributed by atoms with E-state index in [1.165, 1.54) is 107 Å². The minimum absolute atomic E-state index is 0.00403. The van der Waals surface area contributed by atoms with E-state index in [1.54, 1.807) is 12.1 Å². The molecule has 0 aliphatic heterocycles. The quantitative estimate of drug-likeness (QED) is 0.0112. The molecule has 0 unspecified atom stereocenters. The summed E-state index contributed by atoms with van der Waals surface area (Å²) in [5.41, 5.74) is 3.78. The summed E-state index contributed by atoms with van der Waals surface area (Å²) in [4.78, 5) is 25.1. The highest BCUT2D eigenvalue weighted by Gasteiger charge is 2.16. The van der Waals surface area contributed by atoms with Crippen molar-refractivity contribution in [1.29, 1.82) is 0 Å². The second kappa shape index (κ2) is 30.3. The number of unbranched alkanes of at least 4 members (excludes halogenated alkanes) is 10. The first-order valence-corrected chi connectivity index (χ1v) is 22.7. The van der Waals surface area contributed by atoms with E-state index in [-0.39, 0.29) is 55.9 Å². The SMILES string of the molecule is C=C(CCCl)OCCOc1cc(N=Nc2ccc([N+](=O)[O-])cc2)c(OCCOC(=O)CCCl)cc1N=Nc1ccc(N(CCCCCCCC)CCCCCCCC)cc1C. The highest BCUT2D eigenvalue weighted by Crippen LogP contribution is 2.42. The Morgan fingerprint density at radius 3 is 1.74 bits per heavy atom. The van der Waals surface area contributed by atoms with Gasteiger partial charge >= 0.3 is 5.97 Å². The molecule has 0 heterocycles. The molecule has 13 nitrogen and oxygen atoms in total. The lowest BCUT2D eigenvalue weighted by atomic mass is 10.1. The Morgan fingerprint density at radius 1 is 0.672 bits per heavy atom. The molecule has 0 aliphatic carbocycles. The predicted molar refractivity (Wildman–Crippen MR) is 246 cm³/mol. The number of rotatable bonds is 33. The topological polar surface area (TPSA) is 150 Å². The number of allylic oxidation sites excluding steroid dienone is 1. The number of hydrogen-bond donors (Lipinski definition) is 0. The molecule has 0 spiro atoms. The molecule has 0 radical (unpaired) electrons. The van der Waals surface area contributed by atoms with Crippen molar-refractivity contribution in [2.45, 2.75) is 111 Å². The normalized spacial score (nSPS) is 11.3. The first-order chi connectivity index (χ1) is 29.7. The number of aryl methyl sites for hydroxylation is 1. The number of non-ortho nitro benzene ring substituents is 1. The second-order valence-electron chi connectivity index (χ2n) is 14.6. The summed E-state index contributed by atoms with van der Waals surface area (Å²) in [5.74, 6) is 1.22. The molecule has 334 valence electrons. The van der Waals surface area contributed by atoms with Crippen LogP contribution in [0.4, 0.5) is 34.1 Å². The maximum atomic E-state index is 11.9. The number of alkyl halides is 2. The standard InChI is InChI=1S/C46H64Cl2N6O7/c1-5-7-9-11-13-15-27-53(28-16-14-12-10-8-6-2)40-21-22-41(36(3)33-40)50-52-43-35-44(60-31-32-61-46(55)24-26-48)42(34-45(43)59-30-29-58-37(4)23-25-47)51-49-38-17-19-39(20-18-38)54(56)57/h17-22,33-35H,4-16,23-32H2,1-3H3. The molecule has 3 aromatic carbocycles. The molecule has 15 heteroatoms. The van der Waals surface area contributed by atoms with E-state index in [0.29, 0.717) is 40.9 Å². The highest BCUT2D eigenvalue weighted by molar-refractivity contribution is 6.18. The maximum absolute atomic E-state index is 11.9. The van der Waals surface area contributed by atoms with E-state index in [4.69, 9.17) is 42.1 Å². The van der Waals surface area contributed by atoms with Crippen molar-refractivity contribution < 1.29 is 28.7 Å². The fourth-order valence-corrected chi connectivity index (χ4v) is 6.61. The minimum atomic E-state index is -0.489. The van der Waals surface area contributed by atoms with Gasteiger partial charge in [0.25, 0.3) is 5.69 Å². The zero-order chi connectivity index (χ0) is 44.1. The molecule has 0 aromatic heterocycles. The Hall–Kier alpha value is -4.75. The van der Waals surface area contributed by atoms with Crippen LogP contribution in [-0.2, 0) is 14.3 Å². The summed E-state index contributed by atoms with van der Waals surface area (Å²) >= 11 is 11.5. The fourth-order valence-electron chi connectivity index (χ4n) is 6.24. The molecule has 0 atom stereocenters. The first kappa shape index (κ1) is 50.6. The van der Waals surface area contributed by atoms with Crippen LogP contribution in [0.25, 0.3) is 0 Å². The number of esters is 1. The highest BCUT2D eigenvalue weighted by atomic mass is 35.5. The van der Waals surface area contributed by atoms with E-state index in [2.05, 4.69) is 57.9 Å². The second-order valence-corrected chi connectivity index (χ2v) is 15.4. The Labute approximate surface area is 372 Å². The number of anilines is 1. The average Bonchev–Trinajstić information content (AvgIpc) is 3.25. The first-order valence-electron chi connectivity index (χ1n) is 21.6. The number of azo groups is 2. The number of ether oxygens (including phenoxy) is 4. The lowest BCUT2D eigenvalue weighted by Crippen LogP contribution is -2.25. The van der Waals surface area contributed by atoms with E-state index >= 15 is 0 Å². The molecular weight excluding hydrogens is 819 g/mol. The van der Waals surface area contributed by atoms with Gasteiger partial charge in [-0.15, -0.1) is 33.4 Å². The van der Waals surface area contributed by atoms with Crippen molar-refractivity contribution in [3.05, 3.63) is 82.6 Å². The predicted octanol–water partition coefficient (Wildman–Crippen LogP) is 14.4. The summed E-state index contributed by atoms with van der Waals surface area (Å²) in [6.07, 6.45) is 15.6. The van der Waals surface area contributed by atoms with Crippen LogP contribution in [-0.4, -0.2) is 62.2 Å². The van der Waals surface area contributed by atoms with Gasteiger partial charge < -0.3 is 23.8 Å². The molecule has 0 saturated carbocycles. The summed E-state index contributed by atoms with van der Waals surface area (Å²) in [5, 5.41) is 29.2. The van der Waals surface area contributed by atoms with Gasteiger partial charge in [0.05, 0.1) is 28.5 Å². The number of nitrogens with zero attached hydrogens (tertiary/aromatic N) is 6. The molecular formula is C46H64Cl2N6O7. The summed E-state index contributed by atoms with van der Waals surface area (Å²) in [7, 11) is 0. The molecule has 0 amide bonds. The van der Waals surface area contributed by atoms with Crippen LogP contribution in [0.15, 0.2) is 87.4 Å². The van der Waals surface area contributed by atoms with Crippen LogP contribution in [0.5, 0.6) is 11.5 Å². The number of nitro groups is 1. The lowest BCUT2D eigenvalue weighted by Gasteiger charge is -2.26. The number of carbonyl (C=O) groups excluding carboxylic acids is 1. The van der Waals surface area contributed by atoms with Gasteiger partial charge in [0.15, 0.2) is 0 Å². The van der Waals surface area contributed by atoms with Gasteiger partial charge in [0, 0.05) is 61.2 Å².